The standard InChI is InChI=1S/C23H28N4O5/c1-14-9-10-25-18-8-7-17(27(31)32)12-15(18)13-23(19(25)11-14)20(28)24-22(30)26(21(23)29)16-5-3-2-4-6-16/h7-8,12,14,16,19H,2-6,9-11,13H2,1H3,(H,24,28,30)/t14-,19+,23-/m1/s1. The average molecular weight is 441 g/mol. The quantitative estimate of drug-likeness (QED) is 0.429. The highest BCUT2D eigenvalue weighted by molar-refractivity contribution is 6.20. The summed E-state index contributed by atoms with van der Waals surface area (Å²) in [5.41, 5.74) is -0.0553. The lowest BCUT2D eigenvalue weighted by Crippen LogP contribution is -2.74. The predicted octanol–water partition coefficient (Wildman–Crippen LogP) is 3.15. The van der Waals surface area contributed by atoms with E-state index in [0.717, 1.165) is 44.2 Å². The molecule has 0 bridgehead atoms. The molecule has 1 aliphatic carbocycles. The van der Waals surface area contributed by atoms with Gasteiger partial charge in [0.15, 0.2) is 5.41 Å². The molecule has 1 saturated carbocycles. The zero-order valence-electron chi connectivity index (χ0n) is 18.2. The van der Waals surface area contributed by atoms with Gasteiger partial charge >= 0.3 is 6.03 Å². The number of carbonyl (C=O) groups excluding carboxylic acids is 3. The molecule has 3 fully saturated rings. The minimum Gasteiger partial charge on any atom is -0.367 e. The van der Waals surface area contributed by atoms with Crippen molar-refractivity contribution in [1.82, 2.24) is 10.2 Å². The Balaban J connectivity index is 1.63. The summed E-state index contributed by atoms with van der Waals surface area (Å²) < 4.78 is 0. The van der Waals surface area contributed by atoms with E-state index in [1.54, 1.807) is 6.07 Å². The molecule has 1 aromatic rings. The highest BCUT2D eigenvalue weighted by Gasteiger charge is 2.63. The number of carbonyl (C=O) groups is 3. The van der Waals surface area contributed by atoms with Gasteiger partial charge in [-0.05, 0) is 43.2 Å². The Morgan fingerprint density at radius 1 is 1.12 bits per heavy atom. The van der Waals surface area contributed by atoms with Crippen molar-refractivity contribution in [1.29, 1.82) is 0 Å². The smallest absolute Gasteiger partial charge is 0.331 e. The lowest BCUT2D eigenvalue weighted by Gasteiger charge is -2.55. The number of fused-ring (bicyclic) bond motifs is 4. The second-order valence-corrected chi connectivity index (χ2v) is 9.78. The maximum absolute atomic E-state index is 14.1. The molecule has 9 heteroatoms. The van der Waals surface area contributed by atoms with Gasteiger partial charge in [-0.3, -0.25) is 29.9 Å². The molecular formula is C23H28N4O5. The number of nitro groups is 1. The summed E-state index contributed by atoms with van der Waals surface area (Å²) in [6.07, 6.45) is 6.10. The van der Waals surface area contributed by atoms with Gasteiger partial charge in [0.2, 0.25) is 11.8 Å². The van der Waals surface area contributed by atoms with E-state index in [-0.39, 0.29) is 24.2 Å². The number of hydrogen-bond acceptors (Lipinski definition) is 6. The third-order valence-electron chi connectivity index (χ3n) is 7.87. The molecule has 5 rings (SSSR count). The van der Waals surface area contributed by atoms with Crippen LogP contribution >= 0.6 is 0 Å². The molecule has 1 spiro atoms. The zero-order valence-corrected chi connectivity index (χ0v) is 18.2. The van der Waals surface area contributed by atoms with E-state index in [2.05, 4.69) is 17.1 Å². The van der Waals surface area contributed by atoms with Crippen LogP contribution in [0.2, 0.25) is 0 Å². The number of nitrogens with zero attached hydrogens (tertiary/aromatic N) is 3. The lowest BCUT2D eigenvalue weighted by molar-refractivity contribution is -0.384. The SMILES string of the molecule is C[C@@H]1CCN2c3ccc([N+](=O)[O-])cc3C[C@]3(C(=O)NC(=O)N(C4CCCCC4)C3=O)[C@@H]2C1. The van der Waals surface area contributed by atoms with Gasteiger partial charge in [0, 0.05) is 36.8 Å². The summed E-state index contributed by atoms with van der Waals surface area (Å²) in [7, 11) is 0. The number of anilines is 1. The minimum absolute atomic E-state index is 0.0633. The molecule has 170 valence electrons. The Kier molecular flexibility index (Phi) is 4.94. The van der Waals surface area contributed by atoms with Crippen LogP contribution in [-0.4, -0.2) is 46.3 Å². The second kappa shape index (κ2) is 7.56. The second-order valence-electron chi connectivity index (χ2n) is 9.78. The first-order valence-electron chi connectivity index (χ1n) is 11.6. The summed E-state index contributed by atoms with van der Waals surface area (Å²) in [5.74, 6) is -0.672. The van der Waals surface area contributed by atoms with Gasteiger partial charge in [0.1, 0.15) is 0 Å². The van der Waals surface area contributed by atoms with Gasteiger partial charge in [0.05, 0.1) is 11.0 Å². The number of hydrogen-bond donors (Lipinski definition) is 1. The molecule has 3 atom stereocenters. The Hall–Kier alpha value is -2.97. The lowest BCUT2D eigenvalue weighted by atomic mass is 9.64. The maximum atomic E-state index is 14.1. The van der Waals surface area contributed by atoms with Crippen LogP contribution in [0, 0.1) is 21.4 Å². The van der Waals surface area contributed by atoms with Crippen LogP contribution < -0.4 is 10.2 Å². The number of amides is 4. The van der Waals surface area contributed by atoms with E-state index in [1.807, 2.05) is 0 Å². The van der Waals surface area contributed by atoms with Gasteiger partial charge in [0.25, 0.3) is 5.69 Å². The fourth-order valence-electron chi connectivity index (χ4n) is 6.22. The van der Waals surface area contributed by atoms with E-state index in [1.165, 1.54) is 17.0 Å². The van der Waals surface area contributed by atoms with E-state index in [4.69, 9.17) is 0 Å². The minimum atomic E-state index is -1.46. The molecule has 0 unspecified atom stereocenters. The summed E-state index contributed by atoms with van der Waals surface area (Å²) in [4.78, 5) is 54.7. The van der Waals surface area contributed by atoms with Crippen molar-refractivity contribution in [3.63, 3.8) is 0 Å². The summed E-state index contributed by atoms with van der Waals surface area (Å²) in [5, 5.41) is 13.9. The van der Waals surface area contributed by atoms with Crippen LogP contribution in [0.25, 0.3) is 0 Å². The number of non-ortho nitro benzene ring substituents is 1. The van der Waals surface area contributed by atoms with Crippen LogP contribution in [0.15, 0.2) is 18.2 Å². The molecule has 0 radical (unpaired) electrons. The first-order valence-corrected chi connectivity index (χ1v) is 11.6. The molecule has 2 saturated heterocycles. The van der Waals surface area contributed by atoms with E-state index in [0.29, 0.717) is 24.4 Å². The van der Waals surface area contributed by atoms with Gasteiger partial charge in [-0.1, -0.05) is 26.2 Å². The molecule has 3 heterocycles. The predicted molar refractivity (Wildman–Crippen MR) is 116 cm³/mol. The van der Waals surface area contributed by atoms with Crippen LogP contribution in [0.4, 0.5) is 16.2 Å². The molecule has 0 aromatic heterocycles. The summed E-state index contributed by atoms with van der Waals surface area (Å²) >= 11 is 0. The normalized spacial score (nSPS) is 30.7. The van der Waals surface area contributed by atoms with Crippen molar-refractivity contribution < 1.29 is 19.3 Å². The molecule has 4 aliphatic rings. The molecule has 4 amide bonds. The van der Waals surface area contributed by atoms with Crippen LogP contribution in [0.1, 0.15) is 57.4 Å². The highest BCUT2D eigenvalue weighted by atomic mass is 16.6. The Bertz CT molecular complexity index is 1000. The molecule has 32 heavy (non-hydrogen) atoms. The third-order valence-corrected chi connectivity index (χ3v) is 7.87. The Labute approximate surface area is 186 Å². The monoisotopic (exact) mass is 440 g/mol. The third kappa shape index (κ3) is 3.01. The van der Waals surface area contributed by atoms with Crippen molar-refractivity contribution in [2.45, 2.75) is 70.4 Å². The fourth-order valence-corrected chi connectivity index (χ4v) is 6.22. The van der Waals surface area contributed by atoms with Gasteiger partial charge < -0.3 is 4.90 Å². The molecule has 3 aliphatic heterocycles. The maximum Gasteiger partial charge on any atom is 0.331 e. The average Bonchev–Trinajstić information content (AvgIpc) is 2.77. The summed E-state index contributed by atoms with van der Waals surface area (Å²) in [6.45, 7) is 2.78. The fraction of sp³-hybridized carbons (Fsp3) is 0.609. The number of barbiturate groups is 1. The zero-order chi connectivity index (χ0) is 22.6. The van der Waals surface area contributed by atoms with Crippen LogP contribution in [-0.2, 0) is 16.0 Å². The number of nitrogens with one attached hydrogen (secondary N) is 1. The van der Waals surface area contributed by atoms with Crippen molar-refractivity contribution in [3.05, 3.63) is 33.9 Å². The van der Waals surface area contributed by atoms with Gasteiger partial charge in [-0.15, -0.1) is 0 Å². The first-order chi connectivity index (χ1) is 15.3. The largest absolute Gasteiger partial charge is 0.367 e. The number of rotatable bonds is 2. The van der Waals surface area contributed by atoms with Gasteiger partial charge in [-0.2, -0.15) is 0 Å². The Morgan fingerprint density at radius 2 is 1.88 bits per heavy atom. The Morgan fingerprint density at radius 3 is 2.59 bits per heavy atom. The van der Waals surface area contributed by atoms with E-state index < -0.39 is 28.2 Å². The highest BCUT2D eigenvalue weighted by Crippen LogP contribution is 2.49. The van der Waals surface area contributed by atoms with Gasteiger partial charge in [-0.25, -0.2) is 4.79 Å². The van der Waals surface area contributed by atoms with Crippen LogP contribution in [0.3, 0.4) is 0 Å². The van der Waals surface area contributed by atoms with Crippen LogP contribution in [0.5, 0.6) is 0 Å². The molecule has 1 aromatic carbocycles. The number of imide groups is 2. The van der Waals surface area contributed by atoms with E-state index >= 15 is 0 Å². The molecular weight excluding hydrogens is 412 g/mol. The van der Waals surface area contributed by atoms with Crippen molar-refractivity contribution >= 4 is 29.2 Å². The number of piperidine rings is 1. The van der Waals surface area contributed by atoms with E-state index in [9.17, 15) is 24.5 Å². The number of benzene rings is 1. The van der Waals surface area contributed by atoms with Crippen molar-refractivity contribution in [2.75, 3.05) is 11.4 Å². The van der Waals surface area contributed by atoms with Crippen molar-refractivity contribution in [2.24, 2.45) is 11.3 Å². The van der Waals surface area contributed by atoms with Crippen molar-refractivity contribution in [3.8, 4) is 0 Å². The first kappa shape index (κ1) is 20.9. The number of urea groups is 1. The summed E-state index contributed by atoms with van der Waals surface area (Å²) in [6, 6.07) is 3.48. The molecule has 9 nitrogen and oxygen atoms in total. The topological polar surface area (TPSA) is 113 Å². The number of nitro benzene ring substituents is 1. The molecule has 1 N–H and O–H groups in total.